The summed E-state index contributed by atoms with van der Waals surface area (Å²) in [4.78, 5) is 4.12. The summed E-state index contributed by atoms with van der Waals surface area (Å²) in [5.74, 6) is 0.732. The fraction of sp³-hybridized carbons (Fsp3) is 0.643. The van der Waals surface area contributed by atoms with Crippen LogP contribution < -0.4 is 4.74 Å². The molecule has 0 aromatic carbocycles. The highest BCUT2D eigenvalue weighted by molar-refractivity contribution is 5.26. The summed E-state index contributed by atoms with van der Waals surface area (Å²) in [5, 5.41) is 10.3. The summed E-state index contributed by atoms with van der Waals surface area (Å²) >= 11 is 0. The molecule has 0 aliphatic heterocycles. The van der Waals surface area contributed by atoms with Gasteiger partial charge in [0.2, 0.25) is 0 Å². The second-order valence-electron chi connectivity index (χ2n) is 5.05. The van der Waals surface area contributed by atoms with Crippen LogP contribution in [0.25, 0.3) is 0 Å². The summed E-state index contributed by atoms with van der Waals surface area (Å²) in [6, 6.07) is 1.88. The lowest BCUT2D eigenvalue weighted by Crippen LogP contribution is -2.21. The molecule has 0 bridgehead atoms. The Balaban J connectivity index is 2.84. The van der Waals surface area contributed by atoms with Gasteiger partial charge >= 0.3 is 0 Å². The van der Waals surface area contributed by atoms with Crippen LogP contribution in [-0.4, -0.2) is 16.7 Å². The van der Waals surface area contributed by atoms with Crippen molar-refractivity contribution >= 4 is 0 Å². The molecule has 1 atom stereocenters. The molecule has 96 valence electrons. The van der Waals surface area contributed by atoms with Gasteiger partial charge in [-0.25, -0.2) is 0 Å². The first-order chi connectivity index (χ1) is 8.01. The quantitative estimate of drug-likeness (QED) is 0.825. The Morgan fingerprint density at radius 1 is 1.35 bits per heavy atom. The van der Waals surface area contributed by atoms with Gasteiger partial charge in [-0.2, -0.15) is 0 Å². The van der Waals surface area contributed by atoms with Crippen molar-refractivity contribution in [2.24, 2.45) is 5.41 Å². The van der Waals surface area contributed by atoms with Gasteiger partial charge in [0.05, 0.1) is 18.9 Å². The van der Waals surface area contributed by atoms with Gasteiger partial charge in [-0.05, 0) is 24.3 Å². The second-order valence-corrected chi connectivity index (χ2v) is 5.05. The van der Waals surface area contributed by atoms with Crippen molar-refractivity contribution in [3.05, 3.63) is 24.0 Å². The lowest BCUT2D eigenvalue weighted by Gasteiger charge is -2.29. The Morgan fingerprint density at radius 2 is 2.06 bits per heavy atom. The van der Waals surface area contributed by atoms with Crippen LogP contribution >= 0.6 is 0 Å². The second kappa shape index (κ2) is 6.01. The summed E-state index contributed by atoms with van der Waals surface area (Å²) in [7, 11) is 0. The molecule has 0 amide bonds. The smallest absolute Gasteiger partial charge is 0.137 e. The highest BCUT2D eigenvalue weighted by Gasteiger charge is 2.27. The predicted octanol–water partition coefficient (Wildman–Crippen LogP) is 3.34. The van der Waals surface area contributed by atoms with Crippen molar-refractivity contribution < 1.29 is 9.84 Å². The van der Waals surface area contributed by atoms with E-state index in [-0.39, 0.29) is 5.41 Å². The molecule has 1 aromatic rings. The maximum Gasteiger partial charge on any atom is 0.137 e. The van der Waals surface area contributed by atoms with E-state index in [2.05, 4.69) is 32.7 Å². The largest absolute Gasteiger partial charge is 0.492 e. The van der Waals surface area contributed by atoms with Gasteiger partial charge in [-0.15, -0.1) is 0 Å². The Morgan fingerprint density at radius 3 is 2.65 bits per heavy atom. The average molecular weight is 237 g/mol. The van der Waals surface area contributed by atoms with Gasteiger partial charge in [0, 0.05) is 11.8 Å². The third-order valence-electron chi connectivity index (χ3n) is 3.17. The minimum Gasteiger partial charge on any atom is -0.492 e. The van der Waals surface area contributed by atoms with E-state index >= 15 is 0 Å². The van der Waals surface area contributed by atoms with Gasteiger partial charge in [0.1, 0.15) is 5.75 Å². The van der Waals surface area contributed by atoms with Gasteiger partial charge in [-0.3, -0.25) is 4.98 Å². The molecule has 1 N–H and O–H groups in total. The molecule has 0 aliphatic carbocycles. The fourth-order valence-corrected chi connectivity index (χ4v) is 1.53. The molecule has 1 unspecified atom stereocenters. The van der Waals surface area contributed by atoms with Crippen LogP contribution in [0.15, 0.2) is 18.5 Å². The zero-order valence-corrected chi connectivity index (χ0v) is 11.2. The molecule has 0 spiro atoms. The Hall–Kier alpha value is -1.09. The third-order valence-corrected chi connectivity index (χ3v) is 3.17. The summed E-state index contributed by atoms with van der Waals surface area (Å²) < 4.78 is 5.52. The van der Waals surface area contributed by atoms with Crippen molar-refractivity contribution in [2.75, 3.05) is 6.61 Å². The number of aliphatic hydroxyl groups excluding tert-OH is 1. The minimum absolute atomic E-state index is 0.148. The number of nitrogens with zero attached hydrogens (tertiary/aromatic N) is 1. The molecule has 1 aromatic heterocycles. The number of aliphatic hydroxyl groups is 1. The van der Waals surface area contributed by atoms with Gasteiger partial charge in [0.15, 0.2) is 0 Å². The molecular formula is C14H23NO2. The van der Waals surface area contributed by atoms with E-state index in [4.69, 9.17) is 4.74 Å². The number of pyridine rings is 1. The van der Waals surface area contributed by atoms with Gasteiger partial charge in [0.25, 0.3) is 0 Å². The Bertz CT molecular complexity index is 350. The number of aromatic nitrogens is 1. The lowest BCUT2D eigenvalue weighted by atomic mass is 9.81. The van der Waals surface area contributed by atoms with E-state index < -0.39 is 6.10 Å². The van der Waals surface area contributed by atoms with E-state index in [1.54, 1.807) is 12.4 Å². The zero-order valence-electron chi connectivity index (χ0n) is 11.2. The van der Waals surface area contributed by atoms with Crippen molar-refractivity contribution in [3.63, 3.8) is 0 Å². The highest BCUT2D eigenvalue weighted by atomic mass is 16.5. The SMILES string of the molecule is CCCOc1cncc(C(O)C(C)(C)CC)c1. The normalized spacial score (nSPS) is 13.5. The third kappa shape index (κ3) is 3.70. The average Bonchev–Trinajstić information content (AvgIpc) is 2.35. The van der Waals surface area contributed by atoms with Crippen molar-refractivity contribution in [1.82, 2.24) is 4.98 Å². The van der Waals surface area contributed by atoms with Crippen molar-refractivity contribution in [3.8, 4) is 5.75 Å². The highest BCUT2D eigenvalue weighted by Crippen LogP contribution is 2.36. The number of hydrogen-bond acceptors (Lipinski definition) is 3. The van der Waals surface area contributed by atoms with Gasteiger partial charge < -0.3 is 9.84 Å². The monoisotopic (exact) mass is 237 g/mol. The van der Waals surface area contributed by atoms with Crippen LogP contribution in [0, 0.1) is 5.41 Å². The standard InChI is InChI=1S/C14H23NO2/c1-5-7-17-12-8-11(9-15-10-12)13(16)14(3,4)6-2/h8-10,13,16H,5-7H2,1-4H3. The molecule has 17 heavy (non-hydrogen) atoms. The van der Waals surface area contributed by atoms with Crippen LogP contribution in [0.1, 0.15) is 52.2 Å². The van der Waals surface area contributed by atoms with Crippen LogP contribution in [-0.2, 0) is 0 Å². The first-order valence-corrected chi connectivity index (χ1v) is 6.27. The van der Waals surface area contributed by atoms with E-state index in [1.165, 1.54) is 0 Å². The predicted molar refractivity (Wildman–Crippen MR) is 69.1 cm³/mol. The minimum atomic E-state index is -0.509. The summed E-state index contributed by atoms with van der Waals surface area (Å²) in [5.41, 5.74) is 0.677. The van der Waals surface area contributed by atoms with Crippen LogP contribution in [0.5, 0.6) is 5.75 Å². The topological polar surface area (TPSA) is 42.4 Å². The first kappa shape index (κ1) is 14.0. The molecule has 0 aliphatic rings. The van der Waals surface area contributed by atoms with E-state index in [0.29, 0.717) is 6.61 Å². The molecule has 0 saturated heterocycles. The molecule has 1 rings (SSSR count). The first-order valence-electron chi connectivity index (χ1n) is 6.27. The molecule has 3 heteroatoms. The number of hydrogen-bond donors (Lipinski definition) is 1. The molecule has 1 heterocycles. The molecule has 0 saturated carbocycles. The van der Waals surface area contributed by atoms with E-state index in [9.17, 15) is 5.11 Å². The van der Waals surface area contributed by atoms with E-state index in [0.717, 1.165) is 24.2 Å². The maximum atomic E-state index is 10.3. The van der Waals surface area contributed by atoms with Crippen LogP contribution in [0.3, 0.4) is 0 Å². The fourth-order valence-electron chi connectivity index (χ4n) is 1.53. The van der Waals surface area contributed by atoms with Crippen LogP contribution in [0.4, 0.5) is 0 Å². The van der Waals surface area contributed by atoms with Crippen LogP contribution in [0.2, 0.25) is 0 Å². The molecule has 0 fully saturated rings. The maximum absolute atomic E-state index is 10.3. The van der Waals surface area contributed by atoms with Crippen molar-refractivity contribution in [1.29, 1.82) is 0 Å². The van der Waals surface area contributed by atoms with E-state index in [1.807, 2.05) is 6.07 Å². The zero-order chi connectivity index (χ0) is 12.9. The van der Waals surface area contributed by atoms with Crippen molar-refractivity contribution in [2.45, 2.75) is 46.6 Å². The number of ether oxygens (including phenoxy) is 1. The van der Waals surface area contributed by atoms with Gasteiger partial charge in [-0.1, -0.05) is 27.7 Å². The lowest BCUT2D eigenvalue weighted by molar-refractivity contribution is 0.0460. The Kier molecular flexibility index (Phi) is 4.94. The Labute approximate surface area is 104 Å². The molecule has 3 nitrogen and oxygen atoms in total. The summed E-state index contributed by atoms with van der Waals surface area (Å²) in [6.45, 7) is 8.92. The summed E-state index contributed by atoms with van der Waals surface area (Å²) in [6.07, 6.45) is 4.76. The molecular weight excluding hydrogens is 214 g/mol. The number of rotatable bonds is 6. The molecule has 0 radical (unpaired) electrons.